The van der Waals surface area contributed by atoms with E-state index in [1.807, 2.05) is 0 Å². The van der Waals surface area contributed by atoms with Crippen LogP contribution in [0.5, 0.6) is 0 Å². The van der Waals surface area contributed by atoms with Crippen LogP contribution in [0.15, 0.2) is 29.2 Å². The second-order valence-corrected chi connectivity index (χ2v) is 9.22. The molecule has 3 rings (SSSR count). The average Bonchev–Trinajstić information content (AvgIpc) is 3.31. The van der Waals surface area contributed by atoms with E-state index in [2.05, 4.69) is 16.1 Å². The number of hydrogen-bond acceptors (Lipinski definition) is 6. The molecule has 2 saturated heterocycles. The van der Waals surface area contributed by atoms with Crippen molar-refractivity contribution < 1.29 is 22.8 Å². The Kier molecular flexibility index (Phi) is 5.80. The first-order valence-corrected chi connectivity index (χ1v) is 10.9. The summed E-state index contributed by atoms with van der Waals surface area (Å²) in [5.41, 5.74) is 1.67. The maximum absolute atomic E-state index is 12.6. The van der Waals surface area contributed by atoms with E-state index < -0.39 is 33.4 Å². The fourth-order valence-electron chi connectivity index (χ4n) is 3.22. The van der Waals surface area contributed by atoms with Crippen molar-refractivity contribution in [2.75, 3.05) is 25.0 Å². The summed E-state index contributed by atoms with van der Waals surface area (Å²) in [7, 11) is -3.56. The smallest absolute Gasteiger partial charge is 0.344 e. The van der Waals surface area contributed by atoms with Gasteiger partial charge in [-0.05, 0) is 44.4 Å². The first kappa shape index (κ1) is 21.1. The SMILES string of the molecule is CCC1(C)NC(=O)N(NC(=O)CNc2cccc(S(=O)(=O)N3CCCC3)c2)C1=O. The van der Waals surface area contributed by atoms with Crippen LogP contribution in [0.1, 0.15) is 33.1 Å². The number of hydrazine groups is 1. The molecule has 29 heavy (non-hydrogen) atoms. The Morgan fingerprint density at radius 3 is 2.55 bits per heavy atom. The van der Waals surface area contributed by atoms with Gasteiger partial charge in [-0.3, -0.25) is 15.0 Å². The van der Waals surface area contributed by atoms with Crippen LogP contribution in [0, 0.1) is 0 Å². The van der Waals surface area contributed by atoms with E-state index in [9.17, 15) is 22.8 Å². The highest BCUT2D eigenvalue weighted by molar-refractivity contribution is 7.89. The number of urea groups is 1. The Morgan fingerprint density at radius 2 is 1.93 bits per heavy atom. The molecule has 2 heterocycles. The topological polar surface area (TPSA) is 128 Å². The van der Waals surface area contributed by atoms with Crippen LogP contribution in [0.25, 0.3) is 0 Å². The molecule has 0 spiro atoms. The van der Waals surface area contributed by atoms with E-state index in [0.717, 1.165) is 12.8 Å². The zero-order valence-electron chi connectivity index (χ0n) is 16.4. The van der Waals surface area contributed by atoms with E-state index in [1.54, 1.807) is 26.0 Å². The first-order valence-electron chi connectivity index (χ1n) is 9.47. The summed E-state index contributed by atoms with van der Waals surface area (Å²) in [4.78, 5) is 36.6. The number of nitrogens with one attached hydrogen (secondary N) is 3. The van der Waals surface area contributed by atoms with Gasteiger partial charge in [-0.15, -0.1) is 0 Å². The average molecular weight is 423 g/mol. The van der Waals surface area contributed by atoms with Crippen molar-refractivity contribution in [3.63, 3.8) is 0 Å². The predicted octanol–water partition coefficient (Wildman–Crippen LogP) is 0.635. The zero-order valence-corrected chi connectivity index (χ0v) is 17.2. The Morgan fingerprint density at radius 1 is 1.24 bits per heavy atom. The monoisotopic (exact) mass is 423 g/mol. The number of rotatable bonds is 7. The maximum Gasteiger partial charge on any atom is 0.344 e. The number of anilines is 1. The molecule has 0 saturated carbocycles. The quantitative estimate of drug-likeness (QED) is 0.552. The first-order chi connectivity index (χ1) is 13.7. The van der Waals surface area contributed by atoms with Gasteiger partial charge in [0.25, 0.3) is 11.8 Å². The minimum atomic E-state index is -3.56. The molecular weight excluding hydrogens is 398 g/mol. The normalized spacial score (nSPS) is 22.6. The van der Waals surface area contributed by atoms with Crippen LogP contribution in [0.4, 0.5) is 10.5 Å². The largest absolute Gasteiger partial charge is 0.376 e. The van der Waals surface area contributed by atoms with Gasteiger partial charge in [0.15, 0.2) is 0 Å². The summed E-state index contributed by atoms with van der Waals surface area (Å²) < 4.78 is 26.7. The number of imide groups is 1. The van der Waals surface area contributed by atoms with Gasteiger partial charge < -0.3 is 10.6 Å². The van der Waals surface area contributed by atoms with Gasteiger partial charge in [-0.2, -0.15) is 9.31 Å². The fraction of sp³-hybridized carbons (Fsp3) is 0.500. The molecule has 1 unspecified atom stereocenters. The molecule has 1 aromatic carbocycles. The summed E-state index contributed by atoms with van der Waals surface area (Å²) in [6.45, 7) is 4.11. The minimum Gasteiger partial charge on any atom is -0.376 e. The summed E-state index contributed by atoms with van der Waals surface area (Å²) in [6.07, 6.45) is 2.08. The highest BCUT2D eigenvalue weighted by Gasteiger charge is 2.47. The third-order valence-corrected chi connectivity index (χ3v) is 7.09. The molecule has 158 valence electrons. The second kappa shape index (κ2) is 7.99. The van der Waals surface area contributed by atoms with Crippen LogP contribution >= 0.6 is 0 Å². The number of benzene rings is 1. The lowest BCUT2D eigenvalue weighted by atomic mass is 10.00. The summed E-state index contributed by atoms with van der Waals surface area (Å²) in [5.74, 6) is -1.14. The number of hydrogen-bond donors (Lipinski definition) is 3. The lowest BCUT2D eigenvalue weighted by Crippen LogP contribution is -2.50. The fourth-order valence-corrected chi connectivity index (χ4v) is 4.78. The summed E-state index contributed by atoms with van der Waals surface area (Å²) in [5, 5.41) is 6.03. The van der Waals surface area contributed by atoms with E-state index in [-0.39, 0.29) is 11.4 Å². The Balaban J connectivity index is 1.61. The van der Waals surface area contributed by atoms with E-state index in [0.29, 0.717) is 30.2 Å². The molecule has 2 fully saturated rings. The third kappa shape index (κ3) is 4.20. The van der Waals surface area contributed by atoms with Crippen LogP contribution < -0.4 is 16.1 Å². The molecule has 4 amide bonds. The lowest BCUT2D eigenvalue weighted by molar-refractivity contribution is -0.138. The molecule has 0 bridgehead atoms. The van der Waals surface area contributed by atoms with Gasteiger partial charge in [0.1, 0.15) is 5.54 Å². The Bertz CT molecular complexity index is 928. The second-order valence-electron chi connectivity index (χ2n) is 7.28. The lowest BCUT2D eigenvalue weighted by Gasteiger charge is -2.19. The van der Waals surface area contributed by atoms with Crippen LogP contribution in [0.2, 0.25) is 0 Å². The minimum absolute atomic E-state index is 0.151. The van der Waals surface area contributed by atoms with E-state index in [4.69, 9.17) is 0 Å². The Labute approximate surface area is 169 Å². The zero-order chi connectivity index (χ0) is 21.2. The molecule has 2 aliphatic rings. The van der Waals surface area contributed by atoms with Crippen molar-refractivity contribution in [2.45, 2.75) is 43.5 Å². The molecule has 1 aromatic rings. The number of carbonyl (C=O) groups excluding carboxylic acids is 3. The molecule has 1 atom stereocenters. The van der Waals surface area contributed by atoms with Crippen molar-refractivity contribution in [1.29, 1.82) is 0 Å². The van der Waals surface area contributed by atoms with Crippen molar-refractivity contribution in [1.82, 2.24) is 20.1 Å². The van der Waals surface area contributed by atoms with Crippen LogP contribution in [-0.4, -0.2) is 60.8 Å². The molecular formula is C18H25N5O5S. The molecule has 3 N–H and O–H groups in total. The molecule has 10 nitrogen and oxygen atoms in total. The maximum atomic E-state index is 12.6. The highest BCUT2D eigenvalue weighted by atomic mass is 32.2. The molecule has 11 heteroatoms. The van der Waals surface area contributed by atoms with Crippen molar-refractivity contribution in [3.05, 3.63) is 24.3 Å². The van der Waals surface area contributed by atoms with Gasteiger partial charge >= 0.3 is 6.03 Å². The standard InChI is InChI=1S/C18H25N5O5S/c1-3-18(2)16(25)23(17(26)20-18)21-15(24)12-19-13-7-6-8-14(11-13)29(27,28)22-9-4-5-10-22/h6-8,11,19H,3-5,9-10,12H2,1-2H3,(H,20,26)(H,21,24). The molecule has 0 aromatic heterocycles. The van der Waals surface area contributed by atoms with E-state index in [1.165, 1.54) is 16.4 Å². The van der Waals surface area contributed by atoms with Crippen LogP contribution in [0.3, 0.4) is 0 Å². The van der Waals surface area contributed by atoms with E-state index >= 15 is 0 Å². The van der Waals surface area contributed by atoms with Crippen molar-refractivity contribution >= 4 is 33.6 Å². The van der Waals surface area contributed by atoms with Crippen molar-refractivity contribution in [2.24, 2.45) is 0 Å². The van der Waals surface area contributed by atoms with Gasteiger partial charge in [0.2, 0.25) is 10.0 Å². The molecule has 0 aliphatic carbocycles. The predicted molar refractivity (Wildman–Crippen MR) is 105 cm³/mol. The summed E-state index contributed by atoms with van der Waals surface area (Å²) in [6, 6.07) is 5.51. The number of nitrogens with zero attached hydrogens (tertiary/aromatic N) is 2. The van der Waals surface area contributed by atoms with Crippen LogP contribution in [-0.2, 0) is 19.6 Å². The van der Waals surface area contributed by atoms with Gasteiger partial charge in [0, 0.05) is 18.8 Å². The summed E-state index contributed by atoms with van der Waals surface area (Å²) >= 11 is 0. The number of carbonyl (C=O) groups is 3. The molecule has 0 radical (unpaired) electrons. The molecule has 2 aliphatic heterocycles. The highest BCUT2D eigenvalue weighted by Crippen LogP contribution is 2.23. The van der Waals surface area contributed by atoms with Gasteiger partial charge in [0.05, 0.1) is 11.4 Å². The number of sulfonamides is 1. The third-order valence-electron chi connectivity index (χ3n) is 5.19. The van der Waals surface area contributed by atoms with Crippen molar-refractivity contribution in [3.8, 4) is 0 Å². The Hall–Kier alpha value is -2.66. The van der Waals surface area contributed by atoms with Gasteiger partial charge in [-0.1, -0.05) is 13.0 Å². The number of amides is 4. The van der Waals surface area contributed by atoms with Gasteiger partial charge in [-0.25, -0.2) is 13.2 Å².